The molecule has 7 nitrogen and oxygen atoms in total. The first-order chi connectivity index (χ1) is 12.6. The van der Waals surface area contributed by atoms with Gasteiger partial charge in [0.1, 0.15) is 5.01 Å². The molecule has 0 spiro atoms. The number of aromatic nitrogens is 1. The maximum absolute atomic E-state index is 12.2. The van der Waals surface area contributed by atoms with Crippen molar-refractivity contribution < 1.29 is 24.2 Å². The van der Waals surface area contributed by atoms with E-state index in [9.17, 15) is 9.59 Å². The molecule has 0 radical (unpaired) electrons. The molecule has 26 heavy (non-hydrogen) atoms. The Labute approximate surface area is 152 Å². The first-order valence-corrected chi connectivity index (χ1v) is 8.68. The second-order valence-corrected chi connectivity index (χ2v) is 6.86. The van der Waals surface area contributed by atoms with Gasteiger partial charge in [-0.25, -0.2) is 9.78 Å². The topological polar surface area (TPSA) is 97.8 Å². The number of nitrogens with one attached hydrogen (secondary N) is 1. The highest BCUT2D eigenvalue weighted by atomic mass is 32.1. The number of carboxylic acids is 1. The fourth-order valence-electron chi connectivity index (χ4n) is 2.66. The highest BCUT2D eigenvalue weighted by molar-refractivity contribution is 7.18. The van der Waals surface area contributed by atoms with Crippen LogP contribution in [0.2, 0.25) is 0 Å². The van der Waals surface area contributed by atoms with E-state index in [2.05, 4.69) is 10.3 Å². The Bertz CT molecular complexity index is 973. The van der Waals surface area contributed by atoms with E-state index in [-0.39, 0.29) is 31.2 Å². The van der Waals surface area contributed by atoms with Crippen molar-refractivity contribution in [1.29, 1.82) is 0 Å². The van der Waals surface area contributed by atoms with Crippen LogP contribution in [0.5, 0.6) is 11.5 Å². The number of hydrogen-bond donors (Lipinski definition) is 2. The third-order valence-electron chi connectivity index (χ3n) is 3.90. The summed E-state index contributed by atoms with van der Waals surface area (Å²) in [7, 11) is 0. The van der Waals surface area contributed by atoms with Crippen LogP contribution in [-0.4, -0.2) is 28.8 Å². The van der Waals surface area contributed by atoms with Crippen LogP contribution in [0.4, 0.5) is 0 Å². The minimum Gasteiger partial charge on any atom is -0.478 e. The van der Waals surface area contributed by atoms with Crippen molar-refractivity contribution in [2.24, 2.45) is 0 Å². The van der Waals surface area contributed by atoms with E-state index >= 15 is 0 Å². The van der Waals surface area contributed by atoms with Crippen molar-refractivity contribution in [1.82, 2.24) is 10.3 Å². The zero-order valence-electron chi connectivity index (χ0n) is 13.5. The van der Waals surface area contributed by atoms with E-state index in [0.717, 1.165) is 15.8 Å². The highest BCUT2D eigenvalue weighted by Crippen LogP contribution is 2.37. The van der Waals surface area contributed by atoms with Gasteiger partial charge in [0.2, 0.25) is 12.7 Å². The molecule has 2 aromatic carbocycles. The van der Waals surface area contributed by atoms with E-state index in [1.165, 1.54) is 17.4 Å². The molecule has 2 heterocycles. The number of amides is 1. The Morgan fingerprint density at radius 2 is 2.00 bits per heavy atom. The van der Waals surface area contributed by atoms with Gasteiger partial charge in [0.05, 0.1) is 22.2 Å². The first kappa shape index (κ1) is 16.3. The summed E-state index contributed by atoms with van der Waals surface area (Å²) in [4.78, 5) is 27.6. The van der Waals surface area contributed by atoms with Gasteiger partial charge in [-0.2, -0.15) is 0 Å². The van der Waals surface area contributed by atoms with Crippen LogP contribution < -0.4 is 14.8 Å². The molecule has 2 N–H and O–H groups in total. The van der Waals surface area contributed by atoms with E-state index in [4.69, 9.17) is 14.6 Å². The molecule has 1 aromatic heterocycles. The van der Waals surface area contributed by atoms with Gasteiger partial charge in [-0.3, -0.25) is 4.79 Å². The van der Waals surface area contributed by atoms with Crippen LogP contribution in [0.25, 0.3) is 10.2 Å². The van der Waals surface area contributed by atoms with Crippen LogP contribution >= 0.6 is 11.3 Å². The third kappa shape index (κ3) is 3.31. The summed E-state index contributed by atoms with van der Waals surface area (Å²) in [6.07, 6.45) is 0.157. The van der Waals surface area contributed by atoms with Gasteiger partial charge in [-0.05, 0) is 17.7 Å². The standard InChI is InChI=1S/C18H14N2O5S/c21-16(19-8-10-2-1-3-11(4-10)18(22)23)7-17-20-12-5-13-14(25-9-24-13)6-15(12)26-17/h1-6H,7-9H2,(H,19,21)(H,22,23). The molecule has 8 heteroatoms. The lowest BCUT2D eigenvalue weighted by Gasteiger charge is -2.05. The molecule has 1 aliphatic heterocycles. The number of rotatable bonds is 5. The van der Waals surface area contributed by atoms with Crippen molar-refractivity contribution in [3.05, 3.63) is 52.5 Å². The Morgan fingerprint density at radius 3 is 2.81 bits per heavy atom. The van der Waals surface area contributed by atoms with Gasteiger partial charge in [0.25, 0.3) is 0 Å². The molecule has 3 aromatic rings. The maximum Gasteiger partial charge on any atom is 0.335 e. The van der Waals surface area contributed by atoms with Gasteiger partial charge in [0, 0.05) is 18.7 Å². The molecule has 1 aliphatic rings. The number of hydrogen-bond acceptors (Lipinski definition) is 6. The number of carboxylic acid groups (broad SMARTS) is 1. The summed E-state index contributed by atoms with van der Waals surface area (Å²) >= 11 is 1.43. The molecule has 0 unspecified atom stereocenters. The van der Waals surface area contributed by atoms with Crippen molar-refractivity contribution in [2.75, 3.05) is 6.79 Å². The summed E-state index contributed by atoms with van der Waals surface area (Å²) in [6, 6.07) is 10.2. The highest BCUT2D eigenvalue weighted by Gasteiger charge is 2.17. The Kier molecular flexibility index (Phi) is 4.18. The SMILES string of the molecule is O=C(Cc1nc2cc3c(cc2s1)OCO3)NCc1cccc(C(=O)O)c1. The number of carbonyl (C=O) groups is 2. The van der Waals surface area contributed by atoms with Gasteiger partial charge in [-0.15, -0.1) is 11.3 Å². The van der Waals surface area contributed by atoms with Gasteiger partial charge >= 0.3 is 5.97 Å². The second-order valence-electron chi connectivity index (χ2n) is 5.74. The third-order valence-corrected chi connectivity index (χ3v) is 4.92. The summed E-state index contributed by atoms with van der Waals surface area (Å²) in [5, 5.41) is 12.5. The minimum absolute atomic E-state index is 0.157. The quantitative estimate of drug-likeness (QED) is 0.716. The molecular weight excluding hydrogens is 356 g/mol. The number of benzene rings is 2. The zero-order valence-corrected chi connectivity index (χ0v) is 14.3. The van der Waals surface area contributed by atoms with Crippen LogP contribution in [0.3, 0.4) is 0 Å². The lowest BCUT2D eigenvalue weighted by Crippen LogP contribution is -2.24. The molecular formula is C18H14N2O5S. The lowest BCUT2D eigenvalue weighted by atomic mass is 10.1. The second kappa shape index (κ2) is 6.64. The molecule has 0 atom stereocenters. The molecule has 4 rings (SSSR count). The first-order valence-electron chi connectivity index (χ1n) is 7.86. The Morgan fingerprint density at radius 1 is 1.19 bits per heavy atom. The number of fused-ring (bicyclic) bond motifs is 2. The van der Waals surface area contributed by atoms with E-state index < -0.39 is 5.97 Å². The largest absolute Gasteiger partial charge is 0.478 e. The average Bonchev–Trinajstić information content (AvgIpc) is 3.23. The molecule has 1 amide bonds. The summed E-state index contributed by atoms with van der Waals surface area (Å²) in [5.41, 5.74) is 1.70. The van der Waals surface area contributed by atoms with Gasteiger partial charge in [0.15, 0.2) is 11.5 Å². The van der Waals surface area contributed by atoms with Crippen LogP contribution in [-0.2, 0) is 17.8 Å². The van der Waals surface area contributed by atoms with Crippen LogP contribution in [0.1, 0.15) is 20.9 Å². The smallest absolute Gasteiger partial charge is 0.335 e. The lowest BCUT2D eigenvalue weighted by molar-refractivity contribution is -0.120. The van der Waals surface area contributed by atoms with Crippen molar-refractivity contribution in [3.63, 3.8) is 0 Å². The molecule has 0 aliphatic carbocycles. The van der Waals surface area contributed by atoms with Gasteiger partial charge < -0.3 is 19.9 Å². The summed E-state index contributed by atoms with van der Waals surface area (Å²) < 4.78 is 11.6. The van der Waals surface area contributed by atoms with Crippen molar-refractivity contribution in [3.8, 4) is 11.5 Å². The minimum atomic E-state index is -0.993. The van der Waals surface area contributed by atoms with Crippen molar-refractivity contribution in [2.45, 2.75) is 13.0 Å². The molecule has 0 saturated heterocycles. The Balaban J connectivity index is 1.41. The zero-order chi connectivity index (χ0) is 18.1. The number of carbonyl (C=O) groups excluding carboxylic acids is 1. The summed E-state index contributed by atoms with van der Waals surface area (Å²) in [6.45, 7) is 0.478. The fourth-order valence-corrected chi connectivity index (χ4v) is 3.63. The normalized spacial score (nSPS) is 12.3. The predicted octanol–water partition coefficient (Wildman–Crippen LogP) is 2.58. The van der Waals surface area contributed by atoms with Crippen LogP contribution in [0, 0.1) is 0 Å². The van der Waals surface area contributed by atoms with Gasteiger partial charge in [-0.1, -0.05) is 12.1 Å². The number of nitrogens with zero attached hydrogens (tertiary/aromatic N) is 1. The van der Waals surface area contributed by atoms with Crippen LogP contribution in [0.15, 0.2) is 36.4 Å². The molecule has 0 bridgehead atoms. The number of aromatic carboxylic acids is 1. The maximum atomic E-state index is 12.2. The van der Waals surface area contributed by atoms with E-state index in [0.29, 0.717) is 16.5 Å². The predicted molar refractivity (Wildman–Crippen MR) is 94.7 cm³/mol. The Hall–Kier alpha value is -3.13. The van der Waals surface area contributed by atoms with E-state index in [1.807, 2.05) is 12.1 Å². The van der Waals surface area contributed by atoms with Crippen molar-refractivity contribution >= 4 is 33.4 Å². The number of thiazole rings is 1. The molecule has 0 fully saturated rings. The molecule has 0 saturated carbocycles. The summed E-state index contributed by atoms with van der Waals surface area (Å²) in [5.74, 6) is 0.185. The fraction of sp³-hybridized carbons (Fsp3) is 0.167. The monoisotopic (exact) mass is 370 g/mol. The number of ether oxygens (including phenoxy) is 2. The molecule has 132 valence electrons. The van der Waals surface area contributed by atoms with E-state index in [1.54, 1.807) is 18.2 Å². The average molecular weight is 370 g/mol.